The van der Waals surface area contributed by atoms with Gasteiger partial charge in [-0.1, -0.05) is 20.8 Å². The van der Waals surface area contributed by atoms with E-state index in [0.717, 1.165) is 12.8 Å². The minimum atomic E-state index is -4.04. The normalized spacial score (nSPS) is 39.0. The number of alkyl halides is 3. The summed E-state index contributed by atoms with van der Waals surface area (Å²) in [6, 6.07) is 0. The Labute approximate surface area is 101 Å². The van der Waals surface area contributed by atoms with E-state index < -0.39 is 12.7 Å². The third-order valence-corrected chi connectivity index (χ3v) is 4.91. The van der Waals surface area contributed by atoms with Gasteiger partial charge in [-0.2, -0.15) is 13.2 Å². The van der Waals surface area contributed by atoms with Gasteiger partial charge in [0.25, 0.3) is 0 Å². The van der Waals surface area contributed by atoms with Crippen molar-refractivity contribution in [2.45, 2.75) is 39.8 Å². The van der Waals surface area contributed by atoms with Crippen molar-refractivity contribution < 1.29 is 13.2 Å². The highest BCUT2D eigenvalue weighted by Gasteiger charge is 2.49. The van der Waals surface area contributed by atoms with E-state index in [2.05, 4.69) is 20.8 Å². The Morgan fingerprint density at radius 2 is 1.65 bits per heavy atom. The lowest BCUT2D eigenvalue weighted by atomic mass is 9.76. The molecule has 2 atom stereocenters. The average molecular weight is 249 g/mol. The fourth-order valence-electron chi connectivity index (χ4n) is 3.63. The zero-order valence-electron chi connectivity index (χ0n) is 10.8. The Bertz CT molecular complexity index is 271. The van der Waals surface area contributed by atoms with Crippen molar-refractivity contribution in [3.63, 3.8) is 0 Å². The Morgan fingerprint density at radius 1 is 1.18 bits per heavy atom. The predicted molar refractivity (Wildman–Crippen MR) is 61.7 cm³/mol. The van der Waals surface area contributed by atoms with E-state index in [1.165, 1.54) is 0 Å². The molecule has 2 unspecified atom stereocenters. The summed E-state index contributed by atoms with van der Waals surface area (Å²) in [6.45, 7) is 7.32. The minimum absolute atomic E-state index is 0.347. The molecule has 1 saturated carbocycles. The molecule has 0 N–H and O–H groups in total. The van der Waals surface area contributed by atoms with Crippen LogP contribution >= 0.6 is 0 Å². The number of rotatable bonds is 2. The first-order valence-electron chi connectivity index (χ1n) is 6.49. The van der Waals surface area contributed by atoms with E-state index in [1.54, 1.807) is 4.90 Å². The van der Waals surface area contributed by atoms with Crippen molar-refractivity contribution in [1.82, 2.24) is 4.90 Å². The van der Waals surface area contributed by atoms with Gasteiger partial charge in [0.05, 0.1) is 6.54 Å². The van der Waals surface area contributed by atoms with Gasteiger partial charge in [0.2, 0.25) is 0 Å². The van der Waals surface area contributed by atoms with Crippen LogP contribution < -0.4 is 0 Å². The molecule has 0 bridgehead atoms. The van der Waals surface area contributed by atoms with E-state index in [0.29, 0.717) is 36.3 Å². The van der Waals surface area contributed by atoms with Crippen molar-refractivity contribution in [2.75, 3.05) is 19.6 Å². The molecular formula is C13H22F3N. The molecule has 0 aromatic rings. The summed E-state index contributed by atoms with van der Waals surface area (Å²) < 4.78 is 37.0. The maximum atomic E-state index is 12.3. The van der Waals surface area contributed by atoms with Crippen LogP contribution in [0.2, 0.25) is 0 Å². The SMILES string of the molecule is CC(C)C1(C)CC2CN(CC(F)(F)F)CC2C1. The van der Waals surface area contributed by atoms with E-state index in [9.17, 15) is 13.2 Å². The molecule has 2 aliphatic rings. The summed E-state index contributed by atoms with van der Waals surface area (Å²) in [5.41, 5.74) is 0.347. The lowest BCUT2D eigenvalue weighted by Gasteiger charge is -2.31. The Morgan fingerprint density at radius 3 is 2.00 bits per heavy atom. The second-order valence-corrected chi connectivity index (χ2v) is 6.55. The molecule has 1 saturated heterocycles. The molecule has 0 radical (unpaired) electrons. The molecule has 4 heteroatoms. The third-order valence-electron chi connectivity index (χ3n) is 4.91. The quantitative estimate of drug-likeness (QED) is 0.723. The van der Waals surface area contributed by atoms with Gasteiger partial charge in [-0.25, -0.2) is 0 Å². The predicted octanol–water partition coefficient (Wildman–Crippen LogP) is 3.55. The first kappa shape index (κ1) is 13.2. The molecule has 0 amide bonds. The highest BCUT2D eigenvalue weighted by atomic mass is 19.4. The Hall–Kier alpha value is -0.250. The zero-order chi connectivity index (χ0) is 12.8. The molecule has 1 nitrogen and oxygen atoms in total. The van der Waals surface area contributed by atoms with E-state index in [-0.39, 0.29) is 0 Å². The fraction of sp³-hybridized carbons (Fsp3) is 1.00. The molecule has 0 aromatic carbocycles. The second kappa shape index (κ2) is 4.15. The first-order chi connectivity index (χ1) is 7.70. The van der Waals surface area contributed by atoms with Gasteiger partial charge in [0.1, 0.15) is 0 Å². The number of nitrogens with zero attached hydrogens (tertiary/aromatic N) is 1. The molecule has 2 rings (SSSR count). The van der Waals surface area contributed by atoms with Crippen LogP contribution in [0.3, 0.4) is 0 Å². The maximum Gasteiger partial charge on any atom is 0.401 e. The summed E-state index contributed by atoms with van der Waals surface area (Å²) in [6.07, 6.45) is -1.84. The van der Waals surface area contributed by atoms with Crippen molar-refractivity contribution in [2.24, 2.45) is 23.2 Å². The lowest BCUT2D eigenvalue weighted by Crippen LogP contribution is -2.34. The van der Waals surface area contributed by atoms with E-state index in [4.69, 9.17) is 0 Å². The third kappa shape index (κ3) is 2.78. The molecule has 100 valence electrons. The van der Waals surface area contributed by atoms with Crippen molar-refractivity contribution in [3.8, 4) is 0 Å². The van der Waals surface area contributed by atoms with Crippen LogP contribution in [0.25, 0.3) is 0 Å². The molecule has 1 aliphatic carbocycles. The number of likely N-dealkylation sites (tertiary alicyclic amines) is 1. The minimum Gasteiger partial charge on any atom is -0.294 e. The summed E-state index contributed by atoms with van der Waals surface area (Å²) in [5.74, 6) is 1.61. The second-order valence-electron chi connectivity index (χ2n) is 6.55. The van der Waals surface area contributed by atoms with Gasteiger partial charge in [-0.15, -0.1) is 0 Å². The van der Waals surface area contributed by atoms with Crippen LogP contribution in [0.15, 0.2) is 0 Å². The monoisotopic (exact) mass is 249 g/mol. The molecular weight excluding hydrogens is 227 g/mol. The van der Waals surface area contributed by atoms with Gasteiger partial charge >= 0.3 is 6.18 Å². The number of fused-ring (bicyclic) bond motifs is 1. The standard InChI is InChI=1S/C13H22F3N/c1-9(2)12(3)4-10-6-17(7-11(10)5-12)8-13(14,15)16/h9-11H,4-8H2,1-3H3. The lowest BCUT2D eigenvalue weighted by molar-refractivity contribution is -0.144. The smallest absolute Gasteiger partial charge is 0.294 e. The Balaban J connectivity index is 1.92. The molecule has 17 heavy (non-hydrogen) atoms. The number of halogens is 3. The molecule has 2 fully saturated rings. The first-order valence-corrected chi connectivity index (χ1v) is 6.49. The average Bonchev–Trinajstić information content (AvgIpc) is 2.55. The number of hydrogen-bond acceptors (Lipinski definition) is 1. The van der Waals surface area contributed by atoms with Crippen molar-refractivity contribution >= 4 is 0 Å². The Kier molecular flexibility index (Phi) is 3.22. The fourth-order valence-corrected chi connectivity index (χ4v) is 3.63. The van der Waals surface area contributed by atoms with E-state index in [1.807, 2.05) is 0 Å². The summed E-state index contributed by atoms with van der Waals surface area (Å²) in [4.78, 5) is 1.59. The van der Waals surface area contributed by atoms with Gasteiger partial charge in [-0.05, 0) is 36.0 Å². The topological polar surface area (TPSA) is 3.24 Å². The van der Waals surface area contributed by atoms with Crippen LogP contribution in [-0.4, -0.2) is 30.7 Å². The van der Waals surface area contributed by atoms with Crippen LogP contribution in [0, 0.1) is 23.2 Å². The van der Waals surface area contributed by atoms with Crippen molar-refractivity contribution in [1.29, 1.82) is 0 Å². The molecule has 0 spiro atoms. The summed E-state index contributed by atoms with van der Waals surface area (Å²) >= 11 is 0. The summed E-state index contributed by atoms with van der Waals surface area (Å²) in [7, 11) is 0. The van der Waals surface area contributed by atoms with Gasteiger partial charge in [0, 0.05) is 13.1 Å². The molecule has 1 heterocycles. The van der Waals surface area contributed by atoms with Crippen LogP contribution in [0.4, 0.5) is 13.2 Å². The zero-order valence-corrected chi connectivity index (χ0v) is 10.8. The van der Waals surface area contributed by atoms with Crippen LogP contribution in [0.5, 0.6) is 0 Å². The largest absolute Gasteiger partial charge is 0.401 e. The van der Waals surface area contributed by atoms with Crippen molar-refractivity contribution in [3.05, 3.63) is 0 Å². The van der Waals surface area contributed by atoms with Gasteiger partial charge < -0.3 is 0 Å². The van der Waals surface area contributed by atoms with Crippen LogP contribution in [-0.2, 0) is 0 Å². The van der Waals surface area contributed by atoms with Gasteiger partial charge in [-0.3, -0.25) is 4.90 Å². The summed E-state index contributed by atoms with van der Waals surface area (Å²) in [5, 5.41) is 0. The van der Waals surface area contributed by atoms with Crippen LogP contribution in [0.1, 0.15) is 33.6 Å². The van der Waals surface area contributed by atoms with Gasteiger partial charge in [0.15, 0.2) is 0 Å². The molecule has 1 aliphatic heterocycles. The highest BCUT2D eigenvalue weighted by Crippen LogP contribution is 2.52. The maximum absolute atomic E-state index is 12.3. The highest BCUT2D eigenvalue weighted by molar-refractivity contribution is 4.98. The number of hydrogen-bond donors (Lipinski definition) is 0. The van der Waals surface area contributed by atoms with E-state index >= 15 is 0 Å². The molecule has 0 aromatic heterocycles.